The van der Waals surface area contributed by atoms with E-state index in [1.54, 1.807) is 0 Å². The molecule has 0 aliphatic heterocycles. The number of nitrogens with zero attached hydrogens (tertiary/aromatic N) is 1. The molecule has 1 aromatic rings. The van der Waals surface area contributed by atoms with Crippen molar-refractivity contribution in [2.24, 2.45) is 0 Å². The number of hydrogen-bond acceptors (Lipinski definition) is 4. The van der Waals surface area contributed by atoms with Crippen molar-refractivity contribution in [3.05, 3.63) is 17.8 Å². The molecule has 1 heterocycles. The molecule has 88 valence electrons. The standard InChI is InChI=1S/C12H19N3S/c1-8-9(13)6-7-12(14-8)15-10-4-3-5-11(10)16-2/h6-7,10-11H,3-5,13H2,1-2H3,(H,14,15). The smallest absolute Gasteiger partial charge is 0.126 e. The summed E-state index contributed by atoms with van der Waals surface area (Å²) in [6.07, 6.45) is 6.06. The van der Waals surface area contributed by atoms with E-state index in [1.165, 1.54) is 19.3 Å². The molecule has 0 spiro atoms. The van der Waals surface area contributed by atoms with Gasteiger partial charge in [-0.3, -0.25) is 0 Å². The van der Waals surface area contributed by atoms with Crippen molar-refractivity contribution in [2.45, 2.75) is 37.5 Å². The zero-order valence-electron chi connectivity index (χ0n) is 9.86. The van der Waals surface area contributed by atoms with Crippen LogP contribution < -0.4 is 11.1 Å². The van der Waals surface area contributed by atoms with Crippen LogP contribution in [0.5, 0.6) is 0 Å². The van der Waals surface area contributed by atoms with Crippen molar-refractivity contribution < 1.29 is 0 Å². The molecule has 2 unspecified atom stereocenters. The highest BCUT2D eigenvalue weighted by Gasteiger charge is 2.26. The maximum atomic E-state index is 5.76. The first-order chi connectivity index (χ1) is 7.70. The third kappa shape index (κ3) is 2.43. The minimum atomic E-state index is 0.561. The second-order valence-corrected chi connectivity index (χ2v) is 5.40. The number of pyridine rings is 1. The van der Waals surface area contributed by atoms with E-state index < -0.39 is 0 Å². The summed E-state index contributed by atoms with van der Waals surface area (Å²) in [6.45, 7) is 1.95. The van der Waals surface area contributed by atoms with E-state index in [1.807, 2.05) is 30.8 Å². The van der Waals surface area contributed by atoms with Gasteiger partial charge < -0.3 is 11.1 Å². The molecule has 3 nitrogen and oxygen atoms in total. The Kier molecular flexibility index (Phi) is 3.59. The van der Waals surface area contributed by atoms with E-state index >= 15 is 0 Å². The van der Waals surface area contributed by atoms with E-state index in [9.17, 15) is 0 Å². The Hall–Kier alpha value is -0.900. The Labute approximate surface area is 101 Å². The van der Waals surface area contributed by atoms with Gasteiger partial charge in [-0.25, -0.2) is 4.98 Å². The van der Waals surface area contributed by atoms with Gasteiger partial charge >= 0.3 is 0 Å². The van der Waals surface area contributed by atoms with E-state index in [-0.39, 0.29) is 0 Å². The number of nitrogens with one attached hydrogen (secondary N) is 1. The molecule has 0 bridgehead atoms. The molecule has 0 aromatic carbocycles. The van der Waals surface area contributed by atoms with Crippen LogP contribution in [-0.2, 0) is 0 Å². The van der Waals surface area contributed by atoms with Gasteiger partial charge in [-0.05, 0) is 38.2 Å². The molecule has 0 amide bonds. The first kappa shape index (κ1) is 11.6. The molecule has 0 saturated heterocycles. The highest BCUT2D eigenvalue weighted by molar-refractivity contribution is 7.99. The van der Waals surface area contributed by atoms with Crippen molar-refractivity contribution in [1.82, 2.24) is 4.98 Å². The van der Waals surface area contributed by atoms with Crippen LogP contribution in [0.3, 0.4) is 0 Å². The van der Waals surface area contributed by atoms with Crippen LogP contribution in [0.4, 0.5) is 11.5 Å². The molecule has 0 radical (unpaired) electrons. The molecule has 16 heavy (non-hydrogen) atoms. The number of thioether (sulfide) groups is 1. The second-order valence-electron chi connectivity index (χ2n) is 4.33. The molecular formula is C12H19N3S. The lowest BCUT2D eigenvalue weighted by molar-refractivity contribution is 0.763. The largest absolute Gasteiger partial charge is 0.397 e. The van der Waals surface area contributed by atoms with E-state index in [2.05, 4.69) is 16.6 Å². The molecule has 3 N–H and O–H groups in total. The summed E-state index contributed by atoms with van der Waals surface area (Å²) in [5.41, 5.74) is 7.42. The third-order valence-corrected chi connectivity index (χ3v) is 4.39. The first-order valence-corrected chi connectivity index (χ1v) is 7.02. The van der Waals surface area contributed by atoms with Crippen LogP contribution >= 0.6 is 11.8 Å². The normalized spacial score (nSPS) is 24.6. The Balaban J connectivity index is 2.05. The van der Waals surface area contributed by atoms with E-state index in [0.29, 0.717) is 6.04 Å². The van der Waals surface area contributed by atoms with Crippen LogP contribution in [-0.4, -0.2) is 22.5 Å². The molecule has 1 saturated carbocycles. The van der Waals surface area contributed by atoms with Gasteiger partial charge in [-0.2, -0.15) is 11.8 Å². The first-order valence-electron chi connectivity index (χ1n) is 5.73. The fourth-order valence-corrected chi connectivity index (χ4v) is 3.15. The van der Waals surface area contributed by atoms with Crippen molar-refractivity contribution in [1.29, 1.82) is 0 Å². The number of hydrogen-bond donors (Lipinski definition) is 2. The lowest BCUT2D eigenvalue weighted by Gasteiger charge is -2.20. The summed E-state index contributed by atoms with van der Waals surface area (Å²) in [5, 5.41) is 4.24. The summed E-state index contributed by atoms with van der Waals surface area (Å²) in [6, 6.07) is 4.46. The van der Waals surface area contributed by atoms with Gasteiger partial charge in [0.2, 0.25) is 0 Å². The number of anilines is 2. The SMILES string of the molecule is CSC1CCCC1Nc1ccc(N)c(C)n1. The lowest BCUT2D eigenvalue weighted by Crippen LogP contribution is -2.26. The predicted molar refractivity (Wildman–Crippen MR) is 72.0 cm³/mol. The van der Waals surface area contributed by atoms with Crippen LogP contribution in [0.2, 0.25) is 0 Å². The van der Waals surface area contributed by atoms with Gasteiger partial charge in [-0.1, -0.05) is 6.42 Å². The summed E-state index contributed by atoms with van der Waals surface area (Å²) in [4.78, 5) is 4.46. The van der Waals surface area contributed by atoms with Gasteiger partial charge in [0, 0.05) is 11.3 Å². The minimum Gasteiger partial charge on any atom is -0.397 e. The van der Waals surface area contributed by atoms with Crippen LogP contribution in [0.25, 0.3) is 0 Å². The quantitative estimate of drug-likeness (QED) is 0.848. The predicted octanol–water partition coefficient (Wildman–Crippen LogP) is 2.67. The monoisotopic (exact) mass is 237 g/mol. The van der Waals surface area contributed by atoms with E-state index in [0.717, 1.165) is 22.4 Å². The van der Waals surface area contributed by atoms with Crippen LogP contribution in [0, 0.1) is 6.92 Å². The molecule has 1 aliphatic carbocycles. The lowest BCUT2D eigenvalue weighted by atomic mass is 10.2. The van der Waals surface area contributed by atoms with Gasteiger partial charge in [-0.15, -0.1) is 0 Å². The second kappa shape index (κ2) is 4.95. The average molecular weight is 237 g/mol. The fourth-order valence-electron chi connectivity index (χ4n) is 2.22. The maximum absolute atomic E-state index is 5.76. The summed E-state index contributed by atoms with van der Waals surface area (Å²) < 4.78 is 0. The Morgan fingerprint density at radius 1 is 1.44 bits per heavy atom. The molecule has 4 heteroatoms. The Morgan fingerprint density at radius 3 is 2.94 bits per heavy atom. The third-order valence-electron chi connectivity index (χ3n) is 3.22. The minimum absolute atomic E-state index is 0.561. The number of rotatable bonds is 3. The van der Waals surface area contributed by atoms with Gasteiger partial charge in [0.05, 0.1) is 11.4 Å². The summed E-state index contributed by atoms with van der Waals surface area (Å²) >= 11 is 1.95. The molecule has 1 aliphatic rings. The zero-order chi connectivity index (χ0) is 11.5. The Morgan fingerprint density at radius 2 is 2.25 bits per heavy atom. The molecular weight excluding hydrogens is 218 g/mol. The average Bonchev–Trinajstić information content (AvgIpc) is 2.71. The summed E-state index contributed by atoms with van der Waals surface area (Å²) in [5.74, 6) is 0.956. The Bertz CT molecular complexity index is 367. The van der Waals surface area contributed by atoms with Crippen molar-refractivity contribution in [3.8, 4) is 0 Å². The van der Waals surface area contributed by atoms with Crippen LogP contribution in [0.15, 0.2) is 12.1 Å². The van der Waals surface area contributed by atoms with Crippen molar-refractivity contribution >= 4 is 23.3 Å². The number of aromatic nitrogens is 1. The number of nitrogen functional groups attached to an aromatic ring is 1. The fraction of sp³-hybridized carbons (Fsp3) is 0.583. The number of nitrogens with two attached hydrogens (primary N) is 1. The van der Waals surface area contributed by atoms with Crippen molar-refractivity contribution in [3.63, 3.8) is 0 Å². The highest BCUT2D eigenvalue weighted by Crippen LogP contribution is 2.30. The maximum Gasteiger partial charge on any atom is 0.126 e. The van der Waals surface area contributed by atoms with Crippen molar-refractivity contribution in [2.75, 3.05) is 17.3 Å². The number of aryl methyl sites for hydroxylation is 1. The van der Waals surface area contributed by atoms with E-state index in [4.69, 9.17) is 5.73 Å². The summed E-state index contributed by atoms with van der Waals surface area (Å²) in [7, 11) is 0. The molecule has 2 atom stereocenters. The van der Waals surface area contributed by atoms with Crippen LogP contribution in [0.1, 0.15) is 25.0 Å². The molecule has 2 rings (SSSR count). The molecule has 1 aromatic heterocycles. The van der Waals surface area contributed by atoms with Gasteiger partial charge in [0.15, 0.2) is 0 Å². The highest BCUT2D eigenvalue weighted by atomic mass is 32.2. The van der Waals surface area contributed by atoms with Gasteiger partial charge in [0.25, 0.3) is 0 Å². The van der Waals surface area contributed by atoms with Gasteiger partial charge in [0.1, 0.15) is 5.82 Å². The molecule has 1 fully saturated rings. The topological polar surface area (TPSA) is 50.9 Å². The zero-order valence-corrected chi connectivity index (χ0v) is 10.7.